The molecular formula is C22H56O8. The van der Waals surface area contributed by atoms with Crippen LogP contribution in [0.3, 0.4) is 0 Å². The third kappa shape index (κ3) is 50.9. The van der Waals surface area contributed by atoms with Crippen molar-refractivity contribution in [2.24, 2.45) is 11.8 Å². The SMILES string of the molecule is C.C.CCC(C)COC.CCC(O)COC.COCC(C)CO.COCC(O)CO. The molecule has 0 aliphatic heterocycles. The Hall–Kier alpha value is -0.320. The van der Waals surface area contributed by atoms with Crippen LogP contribution in [-0.2, 0) is 18.9 Å². The van der Waals surface area contributed by atoms with E-state index in [9.17, 15) is 0 Å². The molecule has 4 N–H and O–H groups in total. The topological polar surface area (TPSA) is 118 Å². The number of ether oxygens (including phenoxy) is 4. The Morgan fingerprint density at radius 2 is 0.933 bits per heavy atom. The minimum Gasteiger partial charge on any atom is -0.396 e. The lowest BCUT2D eigenvalue weighted by Gasteiger charge is -2.03. The second kappa shape index (κ2) is 39.2. The van der Waals surface area contributed by atoms with E-state index in [4.69, 9.17) is 29.9 Å². The van der Waals surface area contributed by atoms with Gasteiger partial charge in [-0.3, -0.25) is 0 Å². The van der Waals surface area contributed by atoms with Gasteiger partial charge in [0.25, 0.3) is 0 Å². The first kappa shape index (κ1) is 43.5. The largest absolute Gasteiger partial charge is 0.396 e. The number of aliphatic hydroxyl groups is 4. The van der Waals surface area contributed by atoms with Crippen molar-refractivity contribution in [3.05, 3.63) is 0 Å². The van der Waals surface area contributed by atoms with Crippen molar-refractivity contribution in [3.8, 4) is 0 Å². The maximum absolute atomic E-state index is 8.73. The predicted octanol–water partition coefficient (Wildman–Crippen LogP) is 2.60. The second-order valence-corrected chi connectivity index (χ2v) is 6.52. The summed E-state index contributed by atoms with van der Waals surface area (Å²) in [4.78, 5) is 0. The van der Waals surface area contributed by atoms with Gasteiger partial charge in [0.2, 0.25) is 0 Å². The first-order valence-electron chi connectivity index (χ1n) is 9.77. The van der Waals surface area contributed by atoms with E-state index in [2.05, 4.69) is 23.3 Å². The predicted molar refractivity (Wildman–Crippen MR) is 126 cm³/mol. The number of aliphatic hydroxyl groups excluding tert-OH is 4. The van der Waals surface area contributed by atoms with Crippen molar-refractivity contribution in [1.29, 1.82) is 0 Å². The number of hydrogen-bond donors (Lipinski definition) is 4. The summed E-state index contributed by atoms with van der Waals surface area (Å²) in [5.74, 6) is 1.01. The average molecular weight is 449 g/mol. The van der Waals surface area contributed by atoms with E-state index in [1.807, 2.05) is 13.8 Å². The molecule has 0 heterocycles. The third-order valence-electron chi connectivity index (χ3n) is 3.31. The molecule has 0 aromatic heterocycles. The van der Waals surface area contributed by atoms with Gasteiger partial charge in [-0.05, 0) is 12.3 Å². The fourth-order valence-corrected chi connectivity index (χ4v) is 1.29. The minimum atomic E-state index is -0.718. The molecule has 0 spiro atoms. The molecule has 0 aliphatic rings. The summed E-state index contributed by atoms with van der Waals surface area (Å²) < 4.78 is 18.8. The van der Waals surface area contributed by atoms with Crippen molar-refractivity contribution in [3.63, 3.8) is 0 Å². The molecule has 0 aromatic carbocycles. The molecule has 0 amide bonds. The highest BCUT2D eigenvalue weighted by atomic mass is 16.5. The van der Waals surface area contributed by atoms with Crippen LogP contribution in [0.2, 0.25) is 0 Å². The van der Waals surface area contributed by atoms with E-state index in [1.54, 1.807) is 21.3 Å². The zero-order valence-corrected chi connectivity index (χ0v) is 19.4. The summed E-state index contributed by atoms with van der Waals surface area (Å²) in [6.07, 6.45) is 0.997. The van der Waals surface area contributed by atoms with Gasteiger partial charge in [0.15, 0.2) is 0 Å². The van der Waals surface area contributed by atoms with E-state index >= 15 is 0 Å². The van der Waals surface area contributed by atoms with Gasteiger partial charge in [-0.25, -0.2) is 0 Å². The molecule has 4 unspecified atom stereocenters. The fourth-order valence-electron chi connectivity index (χ4n) is 1.29. The van der Waals surface area contributed by atoms with Crippen molar-refractivity contribution in [2.45, 2.75) is 67.6 Å². The first-order chi connectivity index (χ1) is 13.2. The molecular weight excluding hydrogens is 392 g/mol. The third-order valence-corrected chi connectivity index (χ3v) is 3.31. The quantitative estimate of drug-likeness (QED) is 0.360. The highest BCUT2D eigenvalue weighted by Gasteiger charge is 1.97. The number of hydrogen-bond acceptors (Lipinski definition) is 8. The van der Waals surface area contributed by atoms with Crippen LogP contribution >= 0.6 is 0 Å². The molecule has 8 nitrogen and oxygen atoms in total. The van der Waals surface area contributed by atoms with E-state index in [0.29, 0.717) is 13.2 Å². The Morgan fingerprint density at radius 1 is 0.567 bits per heavy atom. The first-order valence-corrected chi connectivity index (χ1v) is 9.77. The Balaban J connectivity index is -0.0000000626. The van der Waals surface area contributed by atoms with Crippen LogP contribution in [0.5, 0.6) is 0 Å². The maximum Gasteiger partial charge on any atom is 0.100 e. The molecule has 192 valence electrons. The lowest BCUT2D eigenvalue weighted by molar-refractivity contribution is 0.0254. The van der Waals surface area contributed by atoms with Crippen LogP contribution in [-0.4, -0.2) is 101 Å². The average Bonchev–Trinajstić information content (AvgIpc) is 2.70. The molecule has 0 saturated heterocycles. The minimum absolute atomic E-state index is 0. The van der Waals surface area contributed by atoms with E-state index in [0.717, 1.165) is 18.9 Å². The lowest BCUT2D eigenvalue weighted by Crippen LogP contribution is -2.17. The monoisotopic (exact) mass is 448 g/mol. The maximum atomic E-state index is 8.73. The zero-order valence-electron chi connectivity index (χ0n) is 19.4. The molecule has 0 saturated carbocycles. The van der Waals surface area contributed by atoms with Crippen LogP contribution in [0.1, 0.15) is 55.4 Å². The molecule has 0 bridgehead atoms. The number of methoxy groups -OCH3 is 4. The van der Waals surface area contributed by atoms with Crippen molar-refractivity contribution < 1.29 is 39.4 Å². The van der Waals surface area contributed by atoms with Gasteiger partial charge >= 0.3 is 0 Å². The van der Waals surface area contributed by atoms with Gasteiger partial charge in [0, 0.05) is 47.6 Å². The standard InChI is InChI=1S/C6H14O.2C5H12O2.C4H10O3.2CH4/c1-4-6(2)5-7-3;1-5(3-6)4-7-2;1-3-5(6)4-7-2;1-7-3-4(6)2-5;;/h6H,4-5H2,1-3H3;2*5-6H,3-4H2,1-2H3;4-6H,2-3H2,1H3;2*1H4. The lowest BCUT2D eigenvalue weighted by atomic mass is 10.1. The van der Waals surface area contributed by atoms with E-state index < -0.39 is 6.10 Å². The van der Waals surface area contributed by atoms with Gasteiger partial charge in [0.05, 0.1) is 32.5 Å². The Bertz CT molecular complexity index is 197. The van der Waals surface area contributed by atoms with Crippen molar-refractivity contribution >= 4 is 0 Å². The van der Waals surface area contributed by atoms with Crippen LogP contribution < -0.4 is 0 Å². The van der Waals surface area contributed by atoms with Crippen LogP contribution in [0, 0.1) is 11.8 Å². The van der Waals surface area contributed by atoms with Crippen LogP contribution in [0.25, 0.3) is 0 Å². The molecule has 8 heteroatoms. The molecule has 0 aliphatic carbocycles. The molecule has 0 aromatic rings. The summed E-state index contributed by atoms with van der Waals surface area (Å²) in [5, 5.41) is 33.7. The van der Waals surface area contributed by atoms with Gasteiger partial charge < -0.3 is 39.4 Å². The van der Waals surface area contributed by atoms with Gasteiger partial charge in [-0.1, -0.05) is 49.0 Å². The summed E-state index contributed by atoms with van der Waals surface area (Å²) in [6.45, 7) is 10.4. The smallest absolute Gasteiger partial charge is 0.100 e. The Labute approximate surface area is 187 Å². The second-order valence-electron chi connectivity index (χ2n) is 6.52. The van der Waals surface area contributed by atoms with Gasteiger partial charge in [0.1, 0.15) is 6.10 Å². The van der Waals surface area contributed by atoms with E-state index in [1.165, 1.54) is 13.5 Å². The summed E-state index contributed by atoms with van der Waals surface area (Å²) in [7, 11) is 6.43. The highest BCUT2D eigenvalue weighted by molar-refractivity contribution is 4.46. The molecule has 4 atom stereocenters. The Kier molecular flexibility index (Phi) is 56.9. The summed E-state index contributed by atoms with van der Waals surface area (Å²) in [6, 6.07) is 0. The van der Waals surface area contributed by atoms with E-state index in [-0.39, 0.29) is 46.7 Å². The zero-order chi connectivity index (χ0) is 22.8. The normalized spacial score (nSPS) is 13.2. The van der Waals surface area contributed by atoms with Crippen molar-refractivity contribution in [1.82, 2.24) is 0 Å². The fraction of sp³-hybridized carbons (Fsp3) is 1.00. The van der Waals surface area contributed by atoms with Gasteiger partial charge in [-0.2, -0.15) is 0 Å². The summed E-state index contributed by atoms with van der Waals surface area (Å²) in [5.41, 5.74) is 0. The summed E-state index contributed by atoms with van der Waals surface area (Å²) >= 11 is 0. The van der Waals surface area contributed by atoms with Crippen molar-refractivity contribution in [2.75, 3.05) is 68.1 Å². The molecule has 0 rings (SSSR count). The molecule has 0 radical (unpaired) electrons. The molecule has 0 fully saturated rings. The van der Waals surface area contributed by atoms with Gasteiger partial charge in [-0.15, -0.1) is 0 Å². The van der Waals surface area contributed by atoms with Crippen LogP contribution in [0.4, 0.5) is 0 Å². The highest BCUT2D eigenvalue weighted by Crippen LogP contribution is 1.98. The molecule has 30 heavy (non-hydrogen) atoms. The number of rotatable bonds is 12. The Morgan fingerprint density at radius 3 is 1.07 bits per heavy atom. The van der Waals surface area contributed by atoms with Crippen LogP contribution in [0.15, 0.2) is 0 Å².